The van der Waals surface area contributed by atoms with Gasteiger partial charge < -0.3 is 13.9 Å². The third-order valence-electron chi connectivity index (χ3n) is 4.88. The average Bonchev–Trinajstić information content (AvgIpc) is 3.11. The van der Waals surface area contributed by atoms with E-state index >= 15 is 0 Å². The van der Waals surface area contributed by atoms with Crippen molar-refractivity contribution in [3.8, 4) is 0 Å². The van der Waals surface area contributed by atoms with E-state index < -0.39 is 7.14 Å². The molecule has 4 nitrogen and oxygen atoms in total. The fourth-order valence-corrected chi connectivity index (χ4v) is 6.29. The maximum absolute atomic E-state index is 14.5. The van der Waals surface area contributed by atoms with E-state index in [9.17, 15) is 4.57 Å². The molecule has 0 unspecified atom stereocenters. The number of aryl methyl sites for hydroxylation is 1. The van der Waals surface area contributed by atoms with E-state index in [0.29, 0.717) is 17.2 Å². The van der Waals surface area contributed by atoms with Gasteiger partial charge in [-0.3, -0.25) is 0 Å². The molecule has 2 aromatic carbocycles. The van der Waals surface area contributed by atoms with Crippen LogP contribution < -0.4 is 20.9 Å². The van der Waals surface area contributed by atoms with Crippen LogP contribution in [0.5, 0.6) is 0 Å². The van der Waals surface area contributed by atoms with E-state index in [1.807, 2.05) is 67.6 Å². The summed E-state index contributed by atoms with van der Waals surface area (Å²) in [4.78, 5) is 6.84. The molecule has 26 heavy (non-hydrogen) atoms. The van der Waals surface area contributed by atoms with Gasteiger partial charge in [0.1, 0.15) is 0 Å². The minimum Gasteiger partial charge on any atom is -0.425 e. The zero-order valence-electron chi connectivity index (χ0n) is 15.0. The minimum absolute atomic E-state index is 0.563. The molecule has 1 aromatic heterocycles. The smallest absolute Gasteiger partial charge is 0.228 e. The van der Waals surface area contributed by atoms with Crippen molar-refractivity contribution in [1.29, 1.82) is 0 Å². The number of oxazole rings is 1. The molecule has 0 radical (unpaired) electrons. The van der Waals surface area contributed by atoms with Gasteiger partial charge in [-0.2, -0.15) is 0 Å². The summed E-state index contributed by atoms with van der Waals surface area (Å²) >= 11 is 0. The van der Waals surface area contributed by atoms with Crippen molar-refractivity contribution >= 4 is 29.1 Å². The standard InChI is InChI=1S/C21H23N2O2P/c1-17-22-20(21(25-17)23-15-9-4-10-16-23)26(24,18-11-5-2-6-12-18)19-13-7-3-8-14-19/h2-3,5-8,11-14H,4,9-10,15-16H2,1H3. The van der Waals surface area contributed by atoms with E-state index in [1.165, 1.54) is 6.42 Å². The van der Waals surface area contributed by atoms with Crippen molar-refractivity contribution in [3.63, 3.8) is 0 Å². The zero-order valence-corrected chi connectivity index (χ0v) is 15.9. The van der Waals surface area contributed by atoms with Crippen molar-refractivity contribution in [2.45, 2.75) is 26.2 Å². The van der Waals surface area contributed by atoms with Gasteiger partial charge >= 0.3 is 0 Å². The Morgan fingerprint density at radius 2 is 1.42 bits per heavy atom. The molecule has 0 N–H and O–H groups in total. The molecule has 0 atom stereocenters. The van der Waals surface area contributed by atoms with Gasteiger partial charge in [-0.1, -0.05) is 60.7 Å². The van der Waals surface area contributed by atoms with Gasteiger partial charge in [0.15, 0.2) is 18.5 Å². The van der Waals surface area contributed by atoms with Crippen molar-refractivity contribution < 1.29 is 8.98 Å². The minimum atomic E-state index is -3.11. The van der Waals surface area contributed by atoms with Crippen LogP contribution in [-0.4, -0.2) is 18.1 Å². The second-order valence-corrected chi connectivity index (χ2v) is 9.36. The lowest BCUT2D eigenvalue weighted by molar-refractivity contribution is 0.480. The van der Waals surface area contributed by atoms with Crippen LogP contribution >= 0.6 is 7.14 Å². The predicted octanol–water partition coefficient (Wildman–Crippen LogP) is 3.61. The molecule has 1 aliphatic rings. The quantitative estimate of drug-likeness (QED) is 0.662. The van der Waals surface area contributed by atoms with Crippen molar-refractivity contribution in [3.05, 3.63) is 66.6 Å². The number of benzene rings is 2. The lowest BCUT2D eigenvalue weighted by Crippen LogP contribution is -2.35. The Labute approximate surface area is 154 Å². The lowest BCUT2D eigenvalue weighted by atomic mass is 10.1. The van der Waals surface area contributed by atoms with Gasteiger partial charge in [0.25, 0.3) is 0 Å². The third kappa shape index (κ3) is 2.99. The Morgan fingerprint density at radius 1 is 0.885 bits per heavy atom. The Bertz CT molecular complexity index is 872. The molecule has 3 aromatic rings. The summed E-state index contributed by atoms with van der Waals surface area (Å²) in [7, 11) is -3.11. The van der Waals surface area contributed by atoms with Crippen LogP contribution in [0.15, 0.2) is 65.1 Å². The highest BCUT2D eigenvalue weighted by Crippen LogP contribution is 2.45. The van der Waals surface area contributed by atoms with Crippen LogP contribution in [0.4, 0.5) is 5.88 Å². The predicted molar refractivity (Wildman–Crippen MR) is 107 cm³/mol. The first kappa shape index (κ1) is 17.1. The molecule has 5 heteroatoms. The highest BCUT2D eigenvalue weighted by Gasteiger charge is 2.38. The van der Waals surface area contributed by atoms with Gasteiger partial charge in [-0.25, -0.2) is 4.98 Å². The summed E-state index contributed by atoms with van der Waals surface area (Å²) < 4.78 is 20.5. The third-order valence-corrected chi connectivity index (χ3v) is 7.82. The monoisotopic (exact) mass is 366 g/mol. The molecule has 1 aliphatic heterocycles. The normalized spacial score (nSPS) is 15.2. The number of hydrogen-bond donors (Lipinski definition) is 0. The number of nitrogens with zero attached hydrogens (tertiary/aromatic N) is 2. The van der Waals surface area contributed by atoms with Crippen LogP contribution in [0, 0.1) is 6.92 Å². The number of hydrogen-bond acceptors (Lipinski definition) is 4. The Morgan fingerprint density at radius 3 is 1.96 bits per heavy atom. The molecule has 0 saturated carbocycles. The molecule has 0 spiro atoms. The zero-order chi connectivity index (χ0) is 18.0. The van der Waals surface area contributed by atoms with Crippen LogP contribution in [0.3, 0.4) is 0 Å². The highest BCUT2D eigenvalue weighted by atomic mass is 31.2. The fourth-order valence-electron chi connectivity index (χ4n) is 3.58. The summed E-state index contributed by atoms with van der Waals surface area (Å²) in [5, 5.41) is 1.58. The van der Waals surface area contributed by atoms with Crippen LogP contribution in [0.25, 0.3) is 0 Å². The van der Waals surface area contributed by atoms with E-state index in [0.717, 1.165) is 36.5 Å². The molecule has 4 rings (SSSR count). The topological polar surface area (TPSA) is 46.3 Å². The van der Waals surface area contributed by atoms with Crippen molar-refractivity contribution in [2.75, 3.05) is 18.0 Å². The summed E-state index contributed by atoms with van der Waals surface area (Å²) in [5.41, 5.74) is 0.578. The van der Waals surface area contributed by atoms with Crippen LogP contribution in [-0.2, 0) is 4.57 Å². The molecule has 0 bridgehead atoms. The van der Waals surface area contributed by atoms with E-state index in [4.69, 9.17) is 4.42 Å². The molecule has 2 heterocycles. The molecule has 0 amide bonds. The summed E-state index contributed by atoms with van der Waals surface area (Å²) in [6, 6.07) is 19.3. The van der Waals surface area contributed by atoms with Crippen molar-refractivity contribution in [2.24, 2.45) is 0 Å². The second-order valence-electron chi connectivity index (χ2n) is 6.69. The molecule has 1 saturated heterocycles. The maximum atomic E-state index is 14.5. The molecule has 0 aliphatic carbocycles. The van der Waals surface area contributed by atoms with Crippen molar-refractivity contribution in [1.82, 2.24) is 4.98 Å². The first-order valence-electron chi connectivity index (χ1n) is 9.14. The summed E-state index contributed by atoms with van der Waals surface area (Å²) in [5.74, 6) is 1.24. The number of aromatic nitrogens is 1. The molecule has 1 fully saturated rings. The van der Waals surface area contributed by atoms with Crippen LogP contribution in [0.2, 0.25) is 0 Å². The lowest BCUT2D eigenvalue weighted by Gasteiger charge is -2.28. The molecular formula is C21H23N2O2P. The van der Waals surface area contributed by atoms with E-state index in [1.54, 1.807) is 0 Å². The maximum Gasteiger partial charge on any atom is 0.228 e. The number of rotatable bonds is 4. The first-order valence-corrected chi connectivity index (χ1v) is 10.8. The largest absolute Gasteiger partial charge is 0.425 e. The van der Waals surface area contributed by atoms with Gasteiger partial charge in [-0.15, -0.1) is 0 Å². The average molecular weight is 366 g/mol. The Balaban J connectivity index is 1.93. The molecule has 134 valence electrons. The Hall–Kier alpha value is -2.32. The van der Waals surface area contributed by atoms with Gasteiger partial charge in [0, 0.05) is 30.6 Å². The second kappa shape index (κ2) is 7.13. The Kier molecular flexibility index (Phi) is 4.69. The van der Waals surface area contributed by atoms with Gasteiger partial charge in [-0.05, 0) is 19.3 Å². The van der Waals surface area contributed by atoms with Crippen LogP contribution in [0.1, 0.15) is 25.2 Å². The fraction of sp³-hybridized carbons (Fsp3) is 0.286. The molecular weight excluding hydrogens is 343 g/mol. The highest BCUT2D eigenvalue weighted by molar-refractivity contribution is 7.85. The number of piperidine rings is 1. The summed E-state index contributed by atoms with van der Waals surface area (Å²) in [6.07, 6.45) is 3.48. The van der Waals surface area contributed by atoms with Gasteiger partial charge in [0.05, 0.1) is 0 Å². The van der Waals surface area contributed by atoms with Gasteiger partial charge in [0.2, 0.25) is 5.88 Å². The SMILES string of the molecule is Cc1nc(P(=O)(c2ccccc2)c2ccccc2)c(N2CCCCC2)o1. The number of anilines is 1. The summed E-state index contributed by atoms with van der Waals surface area (Å²) in [6.45, 7) is 3.67. The van der Waals surface area contributed by atoms with E-state index in [-0.39, 0.29) is 0 Å². The first-order chi connectivity index (χ1) is 12.7. The van der Waals surface area contributed by atoms with E-state index in [2.05, 4.69) is 9.88 Å².